The lowest BCUT2D eigenvalue weighted by Gasteiger charge is -2.13. The number of pyridine rings is 1. The van der Waals surface area contributed by atoms with Crippen molar-refractivity contribution >= 4 is 34.2 Å². The smallest absolute Gasteiger partial charge is 0.323 e. The second-order valence-electron chi connectivity index (χ2n) is 7.96. The van der Waals surface area contributed by atoms with Crippen molar-refractivity contribution in [2.24, 2.45) is 12.8 Å². The van der Waals surface area contributed by atoms with Crippen LogP contribution in [0.2, 0.25) is 0 Å². The summed E-state index contributed by atoms with van der Waals surface area (Å²) in [4.78, 5) is 28.3. The summed E-state index contributed by atoms with van der Waals surface area (Å²) in [6.07, 6.45) is 5.23. The van der Waals surface area contributed by atoms with Crippen molar-refractivity contribution in [2.45, 2.75) is 18.8 Å². The lowest BCUT2D eigenvalue weighted by molar-refractivity contribution is 0.0994. The second-order valence-corrected chi connectivity index (χ2v) is 7.96. The number of nitrogens with one attached hydrogen (secondary N) is 2. The summed E-state index contributed by atoms with van der Waals surface area (Å²) in [5, 5.41) is 10.8. The summed E-state index contributed by atoms with van der Waals surface area (Å²) in [5.74, 6) is 0.833. The minimum Gasteiger partial charge on any atom is -0.457 e. The van der Waals surface area contributed by atoms with Gasteiger partial charge in [0.15, 0.2) is 0 Å². The van der Waals surface area contributed by atoms with Crippen LogP contribution in [0.3, 0.4) is 0 Å². The van der Waals surface area contributed by atoms with Gasteiger partial charge in [-0.15, -0.1) is 0 Å². The van der Waals surface area contributed by atoms with Gasteiger partial charge >= 0.3 is 6.03 Å². The van der Waals surface area contributed by atoms with E-state index in [9.17, 15) is 9.59 Å². The van der Waals surface area contributed by atoms with Crippen LogP contribution in [0.1, 0.15) is 34.8 Å². The number of aromatic nitrogens is 3. The fourth-order valence-corrected chi connectivity index (χ4v) is 3.78. The molecule has 0 unspecified atom stereocenters. The maximum Gasteiger partial charge on any atom is 0.323 e. The van der Waals surface area contributed by atoms with Gasteiger partial charge in [-0.3, -0.25) is 14.5 Å². The Kier molecular flexibility index (Phi) is 5.14. The average molecular weight is 442 g/mol. The molecule has 2 aromatic carbocycles. The van der Waals surface area contributed by atoms with E-state index < -0.39 is 5.91 Å². The van der Waals surface area contributed by atoms with Crippen molar-refractivity contribution in [2.75, 3.05) is 10.6 Å². The number of primary amides is 1. The van der Waals surface area contributed by atoms with E-state index in [2.05, 4.69) is 20.7 Å². The maximum atomic E-state index is 12.4. The van der Waals surface area contributed by atoms with Gasteiger partial charge in [0.2, 0.25) is 0 Å². The number of nitrogens with two attached hydrogens (primary N) is 1. The molecule has 1 aliphatic carbocycles. The highest BCUT2D eigenvalue weighted by Gasteiger charge is 2.32. The Balaban J connectivity index is 1.26. The van der Waals surface area contributed by atoms with Crippen LogP contribution in [0.4, 0.5) is 16.2 Å². The molecule has 2 heterocycles. The maximum absolute atomic E-state index is 12.4. The molecule has 1 saturated carbocycles. The van der Waals surface area contributed by atoms with Crippen molar-refractivity contribution in [3.05, 3.63) is 72.2 Å². The number of amides is 3. The number of rotatable bonds is 6. The first kappa shape index (κ1) is 20.5. The number of nitrogens with zero attached hydrogens (tertiary/aromatic N) is 3. The predicted octanol–water partition coefficient (Wildman–Crippen LogP) is 4.38. The summed E-state index contributed by atoms with van der Waals surface area (Å²) in [7, 11) is 1.87. The molecule has 0 radical (unpaired) electrons. The zero-order valence-corrected chi connectivity index (χ0v) is 17.9. The SMILES string of the molecule is Cn1ncc2cc(NC(=O)Nc3ccc(Oc4ccnc(C(N)=O)c4C4CC4)cc3)ccc21. The Morgan fingerprint density at radius 2 is 1.79 bits per heavy atom. The molecule has 3 amide bonds. The molecule has 166 valence electrons. The Morgan fingerprint density at radius 3 is 2.52 bits per heavy atom. The Labute approximate surface area is 189 Å². The number of benzene rings is 2. The van der Waals surface area contributed by atoms with Gasteiger partial charge in [-0.05, 0) is 67.3 Å². The van der Waals surface area contributed by atoms with Gasteiger partial charge in [0.1, 0.15) is 17.2 Å². The first-order valence-electron chi connectivity index (χ1n) is 10.5. The lowest BCUT2D eigenvalue weighted by atomic mass is 10.1. The van der Waals surface area contributed by atoms with E-state index in [1.54, 1.807) is 41.2 Å². The monoisotopic (exact) mass is 442 g/mol. The zero-order valence-electron chi connectivity index (χ0n) is 17.9. The number of carbonyl (C=O) groups excluding carboxylic acids is 2. The number of hydrogen-bond acceptors (Lipinski definition) is 5. The highest BCUT2D eigenvalue weighted by molar-refractivity contribution is 6.01. The fraction of sp³-hybridized carbons (Fsp3) is 0.167. The van der Waals surface area contributed by atoms with Crippen LogP contribution in [0, 0.1) is 0 Å². The molecule has 0 aliphatic heterocycles. The molecular weight excluding hydrogens is 420 g/mol. The van der Waals surface area contributed by atoms with Crippen LogP contribution >= 0.6 is 0 Å². The Hall–Kier alpha value is -4.40. The van der Waals surface area contributed by atoms with E-state index in [0.29, 0.717) is 22.9 Å². The molecule has 0 saturated heterocycles. The fourth-order valence-electron chi connectivity index (χ4n) is 3.78. The number of anilines is 2. The summed E-state index contributed by atoms with van der Waals surface area (Å²) in [6.45, 7) is 0. The number of aryl methyl sites for hydroxylation is 1. The molecule has 1 fully saturated rings. The van der Waals surface area contributed by atoms with Crippen molar-refractivity contribution in [3.63, 3.8) is 0 Å². The normalized spacial score (nSPS) is 13.0. The molecule has 2 aromatic heterocycles. The van der Waals surface area contributed by atoms with Crippen molar-refractivity contribution in [1.82, 2.24) is 14.8 Å². The summed E-state index contributed by atoms with van der Waals surface area (Å²) < 4.78 is 7.79. The molecule has 5 rings (SSSR count). The van der Waals surface area contributed by atoms with E-state index >= 15 is 0 Å². The Bertz CT molecular complexity index is 1360. The number of hydrogen-bond donors (Lipinski definition) is 3. The van der Waals surface area contributed by atoms with Crippen LogP contribution in [-0.4, -0.2) is 26.7 Å². The van der Waals surface area contributed by atoms with Crippen LogP contribution in [0.25, 0.3) is 10.9 Å². The minimum atomic E-state index is -0.560. The van der Waals surface area contributed by atoms with E-state index in [-0.39, 0.29) is 17.6 Å². The van der Waals surface area contributed by atoms with E-state index in [1.807, 2.05) is 25.2 Å². The van der Waals surface area contributed by atoms with Gasteiger partial charge < -0.3 is 21.1 Å². The van der Waals surface area contributed by atoms with E-state index in [4.69, 9.17) is 10.5 Å². The number of carbonyl (C=O) groups is 2. The molecule has 9 nitrogen and oxygen atoms in total. The van der Waals surface area contributed by atoms with Crippen molar-refractivity contribution in [1.29, 1.82) is 0 Å². The molecule has 33 heavy (non-hydrogen) atoms. The van der Waals surface area contributed by atoms with Crippen LogP contribution in [0.5, 0.6) is 11.5 Å². The molecule has 9 heteroatoms. The van der Waals surface area contributed by atoms with Crippen LogP contribution in [-0.2, 0) is 7.05 Å². The van der Waals surface area contributed by atoms with Crippen molar-refractivity contribution < 1.29 is 14.3 Å². The lowest BCUT2D eigenvalue weighted by Crippen LogP contribution is -2.19. The third kappa shape index (κ3) is 4.33. The van der Waals surface area contributed by atoms with Gasteiger partial charge in [-0.2, -0.15) is 5.10 Å². The van der Waals surface area contributed by atoms with E-state index in [0.717, 1.165) is 29.3 Å². The summed E-state index contributed by atoms with van der Waals surface area (Å²) >= 11 is 0. The topological polar surface area (TPSA) is 124 Å². The van der Waals surface area contributed by atoms with Gasteiger partial charge in [0.05, 0.1) is 11.7 Å². The first-order valence-corrected chi connectivity index (χ1v) is 10.5. The van der Waals surface area contributed by atoms with Gasteiger partial charge in [0, 0.05) is 35.6 Å². The third-order valence-electron chi connectivity index (χ3n) is 5.51. The van der Waals surface area contributed by atoms with Crippen LogP contribution < -0.4 is 21.1 Å². The van der Waals surface area contributed by atoms with Crippen molar-refractivity contribution in [3.8, 4) is 11.5 Å². The Morgan fingerprint density at radius 1 is 1.06 bits per heavy atom. The third-order valence-corrected chi connectivity index (χ3v) is 5.51. The standard InChI is InChI=1S/C24H22N6O3/c1-30-19-9-6-17(12-15(19)13-27-30)29-24(32)28-16-4-7-18(8-5-16)33-20-10-11-26-22(23(25)31)21(20)14-2-3-14/h4-14H,2-3H2,1H3,(H2,25,31)(H2,28,29,32). The number of urea groups is 1. The zero-order chi connectivity index (χ0) is 22.9. The van der Waals surface area contributed by atoms with Gasteiger partial charge in [-0.25, -0.2) is 4.79 Å². The molecule has 4 aromatic rings. The van der Waals surface area contributed by atoms with Gasteiger partial charge in [-0.1, -0.05) is 0 Å². The highest BCUT2D eigenvalue weighted by Crippen LogP contribution is 2.46. The highest BCUT2D eigenvalue weighted by atomic mass is 16.5. The van der Waals surface area contributed by atoms with E-state index in [1.165, 1.54) is 6.20 Å². The van der Waals surface area contributed by atoms with Crippen LogP contribution in [0.15, 0.2) is 60.9 Å². The first-order chi connectivity index (χ1) is 16.0. The molecule has 0 bridgehead atoms. The van der Waals surface area contributed by atoms with Gasteiger partial charge in [0.25, 0.3) is 5.91 Å². The number of fused-ring (bicyclic) bond motifs is 1. The molecular formula is C24H22N6O3. The minimum absolute atomic E-state index is 0.242. The predicted molar refractivity (Wildman–Crippen MR) is 125 cm³/mol. The summed E-state index contributed by atoms with van der Waals surface area (Å²) in [6, 6.07) is 14.0. The summed E-state index contributed by atoms with van der Waals surface area (Å²) in [5.41, 5.74) is 8.77. The largest absolute Gasteiger partial charge is 0.457 e. The number of ether oxygens (including phenoxy) is 1. The average Bonchev–Trinajstić information content (AvgIpc) is 3.57. The molecule has 0 spiro atoms. The quantitative estimate of drug-likeness (QED) is 0.409. The molecule has 4 N–H and O–H groups in total. The molecule has 1 aliphatic rings. The molecule has 0 atom stereocenters. The second kappa shape index (κ2) is 8.27.